The van der Waals surface area contributed by atoms with Crippen LogP contribution in [0.5, 0.6) is 0 Å². The molecule has 0 amide bonds. The predicted molar refractivity (Wildman–Crippen MR) is 96.3 cm³/mol. The maximum absolute atomic E-state index is 9.25. The van der Waals surface area contributed by atoms with Gasteiger partial charge in [0.25, 0.3) is 0 Å². The third-order valence-corrected chi connectivity index (χ3v) is 4.08. The molecule has 116 valence electrons. The number of pyridine rings is 2. The van der Waals surface area contributed by atoms with Crippen molar-refractivity contribution < 1.29 is 5.11 Å². The van der Waals surface area contributed by atoms with Gasteiger partial charge in [-0.15, -0.1) is 0 Å². The van der Waals surface area contributed by atoms with Crippen molar-refractivity contribution in [3.8, 4) is 22.4 Å². The molecule has 1 N–H and O–H groups in total. The van der Waals surface area contributed by atoms with Crippen LogP contribution in [0.4, 0.5) is 0 Å². The summed E-state index contributed by atoms with van der Waals surface area (Å²) in [5.41, 5.74) is 6.76. The van der Waals surface area contributed by atoms with E-state index in [0.29, 0.717) is 0 Å². The Bertz CT molecular complexity index is 980. The lowest BCUT2D eigenvalue weighted by Gasteiger charge is -2.11. The molecule has 4 aromatic rings. The van der Waals surface area contributed by atoms with E-state index in [1.54, 1.807) is 6.20 Å². The molecule has 0 saturated carbocycles. The highest BCUT2D eigenvalue weighted by Crippen LogP contribution is 2.32. The molecule has 2 heterocycles. The summed E-state index contributed by atoms with van der Waals surface area (Å²) in [6, 6.07) is 24.0. The molecule has 0 radical (unpaired) electrons. The first kappa shape index (κ1) is 14.5. The van der Waals surface area contributed by atoms with Gasteiger partial charge in [0.1, 0.15) is 0 Å². The van der Waals surface area contributed by atoms with Gasteiger partial charge >= 0.3 is 0 Å². The minimum absolute atomic E-state index is 0.0426. The fourth-order valence-corrected chi connectivity index (χ4v) is 2.83. The van der Waals surface area contributed by atoms with Crippen molar-refractivity contribution in [1.29, 1.82) is 0 Å². The SMILES string of the molecule is OCc1ccc(-c2nc3cccnc3cc2-c2ccccc2)cc1. The molecule has 0 aliphatic heterocycles. The van der Waals surface area contributed by atoms with Gasteiger partial charge in [-0.3, -0.25) is 4.98 Å². The average molecular weight is 312 g/mol. The van der Waals surface area contributed by atoms with Crippen LogP contribution in [0, 0.1) is 0 Å². The summed E-state index contributed by atoms with van der Waals surface area (Å²) >= 11 is 0. The second-order valence-electron chi connectivity index (χ2n) is 5.65. The molecule has 0 spiro atoms. The van der Waals surface area contributed by atoms with Crippen LogP contribution >= 0.6 is 0 Å². The first-order valence-corrected chi connectivity index (χ1v) is 7.86. The third kappa shape index (κ3) is 2.66. The molecule has 2 aromatic carbocycles. The molecule has 4 rings (SSSR count). The predicted octanol–water partition coefficient (Wildman–Crippen LogP) is 4.46. The number of benzene rings is 2. The van der Waals surface area contributed by atoms with Gasteiger partial charge in [-0.1, -0.05) is 54.6 Å². The Hall–Kier alpha value is -3.04. The number of fused-ring (bicyclic) bond motifs is 1. The fourth-order valence-electron chi connectivity index (χ4n) is 2.83. The molecule has 3 nitrogen and oxygen atoms in total. The minimum atomic E-state index is 0.0426. The minimum Gasteiger partial charge on any atom is -0.392 e. The topological polar surface area (TPSA) is 46.0 Å². The van der Waals surface area contributed by atoms with Crippen LogP contribution in [0.3, 0.4) is 0 Å². The Morgan fingerprint density at radius 1 is 0.750 bits per heavy atom. The Labute approximate surface area is 140 Å². The molecule has 2 aromatic heterocycles. The zero-order valence-electron chi connectivity index (χ0n) is 13.1. The van der Waals surface area contributed by atoms with E-state index >= 15 is 0 Å². The van der Waals surface area contributed by atoms with E-state index in [9.17, 15) is 5.11 Å². The van der Waals surface area contributed by atoms with E-state index in [0.717, 1.165) is 39.0 Å². The number of aliphatic hydroxyl groups is 1. The van der Waals surface area contributed by atoms with Gasteiger partial charge in [-0.25, -0.2) is 4.98 Å². The van der Waals surface area contributed by atoms with E-state index in [4.69, 9.17) is 4.98 Å². The highest BCUT2D eigenvalue weighted by Gasteiger charge is 2.11. The lowest BCUT2D eigenvalue weighted by Crippen LogP contribution is -1.93. The lowest BCUT2D eigenvalue weighted by atomic mass is 9.98. The summed E-state index contributed by atoms with van der Waals surface area (Å²) < 4.78 is 0. The van der Waals surface area contributed by atoms with Gasteiger partial charge in [0.05, 0.1) is 23.3 Å². The average Bonchev–Trinajstić information content (AvgIpc) is 2.68. The normalized spacial score (nSPS) is 10.9. The van der Waals surface area contributed by atoms with Crippen LogP contribution < -0.4 is 0 Å². The van der Waals surface area contributed by atoms with Crippen molar-refractivity contribution in [2.45, 2.75) is 6.61 Å². The number of hydrogen-bond acceptors (Lipinski definition) is 3. The molecule has 3 heteroatoms. The zero-order valence-corrected chi connectivity index (χ0v) is 13.1. The van der Waals surface area contributed by atoms with E-state index in [1.165, 1.54) is 0 Å². The maximum Gasteiger partial charge on any atom is 0.0894 e. The van der Waals surface area contributed by atoms with Crippen molar-refractivity contribution in [3.63, 3.8) is 0 Å². The third-order valence-electron chi connectivity index (χ3n) is 4.08. The molecule has 0 saturated heterocycles. The highest BCUT2D eigenvalue weighted by molar-refractivity contribution is 5.89. The largest absolute Gasteiger partial charge is 0.392 e. The van der Waals surface area contributed by atoms with Crippen LogP contribution in [-0.4, -0.2) is 15.1 Å². The molecule has 0 bridgehead atoms. The van der Waals surface area contributed by atoms with Gasteiger partial charge < -0.3 is 5.11 Å². The second-order valence-corrected chi connectivity index (χ2v) is 5.65. The summed E-state index contributed by atoms with van der Waals surface area (Å²) in [6.07, 6.45) is 1.79. The molecule has 24 heavy (non-hydrogen) atoms. The highest BCUT2D eigenvalue weighted by atomic mass is 16.3. The monoisotopic (exact) mass is 312 g/mol. The number of rotatable bonds is 3. The van der Waals surface area contributed by atoms with Gasteiger partial charge in [0.2, 0.25) is 0 Å². The van der Waals surface area contributed by atoms with Crippen molar-refractivity contribution in [3.05, 3.63) is 84.6 Å². The fraction of sp³-hybridized carbons (Fsp3) is 0.0476. The Morgan fingerprint density at radius 3 is 2.29 bits per heavy atom. The summed E-state index contributed by atoms with van der Waals surface area (Å²) in [7, 11) is 0. The van der Waals surface area contributed by atoms with Crippen molar-refractivity contribution in [2.75, 3.05) is 0 Å². The summed E-state index contributed by atoms with van der Waals surface area (Å²) in [5, 5.41) is 9.25. The summed E-state index contributed by atoms with van der Waals surface area (Å²) in [6.45, 7) is 0.0426. The quantitative estimate of drug-likeness (QED) is 0.607. The zero-order chi connectivity index (χ0) is 16.4. The van der Waals surface area contributed by atoms with Crippen LogP contribution in [0.25, 0.3) is 33.4 Å². The lowest BCUT2D eigenvalue weighted by molar-refractivity contribution is 0.282. The molecule has 0 fully saturated rings. The Balaban J connectivity index is 1.97. The van der Waals surface area contributed by atoms with Gasteiger partial charge in [0.15, 0.2) is 0 Å². The Kier molecular flexibility index (Phi) is 3.77. The molecule has 0 aliphatic rings. The van der Waals surface area contributed by atoms with E-state index < -0.39 is 0 Å². The summed E-state index contributed by atoms with van der Waals surface area (Å²) in [4.78, 5) is 9.29. The number of hydrogen-bond donors (Lipinski definition) is 1. The van der Waals surface area contributed by atoms with Crippen molar-refractivity contribution in [2.24, 2.45) is 0 Å². The standard InChI is InChI=1S/C21H16N2O/c24-14-15-8-10-17(11-9-15)21-18(16-5-2-1-3-6-16)13-20-19(23-21)7-4-12-22-20/h1-13,24H,14H2. The first-order chi connectivity index (χ1) is 11.8. The molecular formula is C21H16N2O. The van der Waals surface area contributed by atoms with Crippen LogP contribution in [0.15, 0.2) is 79.0 Å². The molecule has 0 unspecified atom stereocenters. The second kappa shape index (κ2) is 6.22. The van der Waals surface area contributed by atoms with Gasteiger partial charge in [0, 0.05) is 17.3 Å². The van der Waals surface area contributed by atoms with Crippen LogP contribution in [-0.2, 0) is 6.61 Å². The first-order valence-electron chi connectivity index (χ1n) is 7.86. The van der Waals surface area contributed by atoms with Crippen LogP contribution in [0.2, 0.25) is 0 Å². The maximum atomic E-state index is 9.25. The number of aliphatic hydroxyl groups excluding tert-OH is 1. The van der Waals surface area contributed by atoms with Crippen molar-refractivity contribution >= 4 is 11.0 Å². The van der Waals surface area contributed by atoms with E-state index in [2.05, 4.69) is 23.2 Å². The smallest absolute Gasteiger partial charge is 0.0894 e. The Morgan fingerprint density at radius 2 is 1.54 bits per heavy atom. The van der Waals surface area contributed by atoms with Crippen molar-refractivity contribution in [1.82, 2.24) is 9.97 Å². The molecule has 0 aliphatic carbocycles. The number of nitrogens with zero attached hydrogens (tertiary/aromatic N) is 2. The molecular weight excluding hydrogens is 296 g/mol. The summed E-state index contributed by atoms with van der Waals surface area (Å²) in [5.74, 6) is 0. The van der Waals surface area contributed by atoms with E-state index in [-0.39, 0.29) is 6.61 Å². The molecule has 0 atom stereocenters. The van der Waals surface area contributed by atoms with Gasteiger partial charge in [-0.05, 0) is 29.3 Å². The van der Waals surface area contributed by atoms with E-state index in [1.807, 2.05) is 54.6 Å². The van der Waals surface area contributed by atoms with Crippen LogP contribution in [0.1, 0.15) is 5.56 Å². The number of aromatic nitrogens is 2. The van der Waals surface area contributed by atoms with Gasteiger partial charge in [-0.2, -0.15) is 0 Å².